The van der Waals surface area contributed by atoms with Crippen molar-refractivity contribution in [1.29, 1.82) is 0 Å². The molecule has 2 nitrogen and oxygen atoms in total. The number of ether oxygens (including phenoxy) is 1. The van der Waals surface area contributed by atoms with Crippen LogP contribution in [0.15, 0.2) is 15.2 Å². The molecule has 0 radical (unpaired) electrons. The van der Waals surface area contributed by atoms with E-state index in [4.69, 9.17) is 4.74 Å². The molecule has 1 saturated heterocycles. The predicted octanol–water partition coefficient (Wildman–Crippen LogP) is 2.81. The molecule has 1 N–H and O–H groups in total. The van der Waals surface area contributed by atoms with Crippen LogP contribution in [-0.2, 0) is 4.74 Å². The summed E-state index contributed by atoms with van der Waals surface area (Å²) in [5.74, 6) is 0.626. The minimum atomic E-state index is 0.444. The second kappa shape index (κ2) is 4.75. The highest BCUT2D eigenvalue weighted by Crippen LogP contribution is 2.32. The maximum atomic E-state index is 5.42. The van der Waals surface area contributed by atoms with E-state index in [0.717, 1.165) is 13.2 Å². The molecule has 78 valence electrons. The Morgan fingerprint density at radius 3 is 3.07 bits per heavy atom. The molecule has 0 bridgehead atoms. The third-order valence-corrected chi connectivity index (χ3v) is 4.22. The minimum Gasteiger partial charge on any atom is -0.381 e. The summed E-state index contributed by atoms with van der Waals surface area (Å²) < 4.78 is 6.62. The largest absolute Gasteiger partial charge is 0.381 e. The van der Waals surface area contributed by atoms with Crippen molar-refractivity contribution in [3.05, 3.63) is 20.8 Å². The highest BCUT2D eigenvalue weighted by atomic mass is 79.9. The Morgan fingerprint density at radius 2 is 2.57 bits per heavy atom. The van der Waals surface area contributed by atoms with Crippen molar-refractivity contribution in [3.8, 4) is 0 Å². The van der Waals surface area contributed by atoms with Gasteiger partial charge in [-0.25, -0.2) is 0 Å². The van der Waals surface area contributed by atoms with Gasteiger partial charge in [0.05, 0.1) is 10.4 Å². The molecule has 1 aliphatic rings. The molecule has 14 heavy (non-hydrogen) atoms. The second-order valence-electron chi connectivity index (χ2n) is 3.57. The van der Waals surface area contributed by atoms with E-state index in [9.17, 15) is 0 Å². The van der Waals surface area contributed by atoms with E-state index < -0.39 is 0 Å². The average molecular weight is 276 g/mol. The fourth-order valence-electron chi connectivity index (χ4n) is 1.98. The summed E-state index contributed by atoms with van der Waals surface area (Å²) in [5, 5.41) is 5.59. The number of thiophene rings is 1. The summed E-state index contributed by atoms with van der Waals surface area (Å²) in [6, 6.07) is 2.64. The van der Waals surface area contributed by atoms with E-state index >= 15 is 0 Å². The van der Waals surface area contributed by atoms with Gasteiger partial charge in [0, 0.05) is 18.6 Å². The van der Waals surface area contributed by atoms with Crippen molar-refractivity contribution in [2.24, 2.45) is 5.92 Å². The lowest BCUT2D eigenvalue weighted by molar-refractivity contribution is 0.178. The van der Waals surface area contributed by atoms with Gasteiger partial charge in [0.1, 0.15) is 0 Å². The minimum absolute atomic E-state index is 0.444. The van der Waals surface area contributed by atoms with Crippen LogP contribution in [-0.4, -0.2) is 20.3 Å². The van der Waals surface area contributed by atoms with Crippen LogP contribution in [0.1, 0.15) is 18.0 Å². The molecule has 1 aromatic rings. The highest BCUT2D eigenvalue weighted by molar-refractivity contribution is 9.11. The van der Waals surface area contributed by atoms with Crippen LogP contribution in [0.2, 0.25) is 0 Å². The summed E-state index contributed by atoms with van der Waals surface area (Å²) >= 11 is 5.24. The molecule has 1 aromatic heterocycles. The molecule has 0 aromatic carbocycles. The summed E-state index contributed by atoms with van der Waals surface area (Å²) in [4.78, 5) is 0. The van der Waals surface area contributed by atoms with Crippen molar-refractivity contribution in [1.82, 2.24) is 5.32 Å². The molecular weight excluding hydrogens is 262 g/mol. The topological polar surface area (TPSA) is 21.3 Å². The van der Waals surface area contributed by atoms with E-state index in [1.165, 1.54) is 15.8 Å². The number of hydrogen-bond donors (Lipinski definition) is 1. The lowest BCUT2D eigenvalue weighted by Crippen LogP contribution is -2.25. The molecule has 2 unspecified atom stereocenters. The molecule has 4 heteroatoms. The van der Waals surface area contributed by atoms with Gasteiger partial charge in [0.15, 0.2) is 0 Å². The molecular formula is C10H14BrNOS. The summed E-state index contributed by atoms with van der Waals surface area (Å²) in [5.41, 5.74) is 1.37. The zero-order chi connectivity index (χ0) is 9.97. The van der Waals surface area contributed by atoms with Crippen LogP contribution in [0.4, 0.5) is 0 Å². The quantitative estimate of drug-likeness (QED) is 0.916. The van der Waals surface area contributed by atoms with Crippen LogP contribution in [0, 0.1) is 5.92 Å². The van der Waals surface area contributed by atoms with E-state index in [2.05, 4.69) is 32.7 Å². The van der Waals surface area contributed by atoms with E-state index in [-0.39, 0.29) is 0 Å². The van der Waals surface area contributed by atoms with Gasteiger partial charge < -0.3 is 10.1 Å². The summed E-state index contributed by atoms with van der Waals surface area (Å²) in [6.07, 6.45) is 1.17. The normalized spacial score (nSPS) is 24.0. The third-order valence-electron chi connectivity index (χ3n) is 2.69. The lowest BCUT2D eigenvalue weighted by Gasteiger charge is -2.20. The van der Waals surface area contributed by atoms with Crippen LogP contribution in [0.25, 0.3) is 0 Å². The fraction of sp³-hybridized carbons (Fsp3) is 0.600. The van der Waals surface area contributed by atoms with Crippen molar-refractivity contribution in [2.45, 2.75) is 12.5 Å². The highest BCUT2D eigenvalue weighted by Gasteiger charge is 2.26. The van der Waals surface area contributed by atoms with Crippen molar-refractivity contribution in [2.75, 3.05) is 20.3 Å². The number of nitrogens with one attached hydrogen (secondary N) is 1. The average Bonchev–Trinajstić information content (AvgIpc) is 2.79. The first-order valence-corrected chi connectivity index (χ1v) is 6.47. The second-order valence-corrected chi connectivity index (χ2v) is 5.86. The molecule has 1 fully saturated rings. The van der Waals surface area contributed by atoms with E-state index in [1.54, 1.807) is 11.3 Å². The van der Waals surface area contributed by atoms with Gasteiger partial charge in [0.2, 0.25) is 0 Å². The van der Waals surface area contributed by atoms with Gasteiger partial charge in [-0.3, -0.25) is 0 Å². The Kier molecular flexibility index (Phi) is 3.60. The maximum absolute atomic E-state index is 5.42. The monoisotopic (exact) mass is 275 g/mol. The van der Waals surface area contributed by atoms with Gasteiger partial charge in [-0.05, 0) is 46.4 Å². The molecule has 2 atom stereocenters. The van der Waals surface area contributed by atoms with Crippen LogP contribution in [0.5, 0.6) is 0 Å². The molecule has 0 spiro atoms. The zero-order valence-electron chi connectivity index (χ0n) is 8.13. The standard InChI is InChI=1S/C10H14BrNOS/c1-12-10(7-2-3-13-5-7)8-4-9(11)14-6-8/h4,6-7,10,12H,2-3,5H2,1H3. The fourth-order valence-corrected chi connectivity index (χ4v) is 3.19. The maximum Gasteiger partial charge on any atom is 0.0701 e. The Morgan fingerprint density at radius 1 is 1.71 bits per heavy atom. The molecule has 0 aliphatic carbocycles. The summed E-state index contributed by atoms with van der Waals surface area (Å²) in [6.45, 7) is 1.80. The molecule has 2 heterocycles. The number of hydrogen-bond acceptors (Lipinski definition) is 3. The Balaban J connectivity index is 2.12. The third kappa shape index (κ3) is 2.19. The number of halogens is 1. The van der Waals surface area contributed by atoms with Crippen LogP contribution >= 0.6 is 27.3 Å². The number of rotatable bonds is 3. The Hall–Kier alpha value is 0.1000. The van der Waals surface area contributed by atoms with Crippen molar-refractivity contribution >= 4 is 27.3 Å². The predicted molar refractivity (Wildman–Crippen MR) is 62.7 cm³/mol. The van der Waals surface area contributed by atoms with Gasteiger partial charge in [-0.2, -0.15) is 0 Å². The lowest BCUT2D eigenvalue weighted by atomic mass is 9.94. The van der Waals surface area contributed by atoms with E-state index in [0.29, 0.717) is 12.0 Å². The van der Waals surface area contributed by atoms with E-state index in [1.807, 2.05) is 7.05 Å². The first-order chi connectivity index (χ1) is 6.81. The smallest absolute Gasteiger partial charge is 0.0701 e. The first-order valence-electron chi connectivity index (χ1n) is 4.80. The SMILES string of the molecule is CNC(c1csc(Br)c1)C1CCOC1. The van der Waals surface area contributed by atoms with Gasteiger partial charge >= 0.3 is 0 Å². The molecule has 2 rings (SSSR count). The summed E-state index contributed by atoms with van der Waals surface area (Å²) in [7, 11) is 2.02. The zero-order valence-corrected chi connectivity index (χ0v) is 10.5. The van der Waals surface area contributed by atoms with Gasteiger partial charge in [-0.1, -0.05) is 0 Å². The molecule has 0 amide bonds. The van der Waals surface area contributed by atoms with Crippen LogP contribution < -0.4 is 5.32 Å². The van der Waals surface area contributed by atoms with Crippen molar-refractivity contribution in [3.63, 3.8) is 0 Å². The molecule has 0 saturated carbocycles. The Bertz CT molecular complexity index is 296. The van der Waals surface area contributed by atoms with Gasteiger partial charge in [0.25, 0.3) is 0 Å². The molecule has 1 aliphatic heterocycles. The van der Waals surface area contributed by atoms with Crippen LogP contribution in [0.3, 0.4) is 0 Å². The van der Waals surface area contributed by atoms with Gasteiger partial charge in [-0.15, -0.1) is 11.3 Å². The Labute approximate surface area is 96.8 Å². The first kappa shape index (κ1) is 10.6. The van der Waals surface area contributed by atoms with Crippen molar-refractivity contribution < 1.29 is 4.74 Å².